The number of hydrogen-bond donors (Lipinski definition) is 1. The predicted molar refractivity (Wildman–Crippen MR) is 93.4 cm³/mol. The molecule has 1 aliphatic heterocycles. The van der Waals surface area contributed by atoms with Crippen molar-refractivity contribution in [2.75, 3.05) is 0 Å². The first-order valence-electron chi connectivity index (χ1n) is 7.47. The maximum Gasteiger partial charge on any atom is 0.264 e. The monoisotopic (exact) mass is 344 g/mol. The highest BCUT2D eigenvalue weighted by Gasteiger charge is 2.32. The molecular formula is C18H17FN2O2S. The molecule has 1 heterocycles. The minimum absolute atomic E-state index is 0.250. The van der Waals surface area contributed by atoms with Crippen LogP contribution in [0.1, 0.15) is 23.6 Å². The van der Waals surface area contributed by atoms with Crippen LogP contribution in [0.2, 0.25) is 0 Å². The van der Waals surface area contributed by atoms with Crippen LogP contribution in [0.3, 0.4) is 0 Å². The van der Waals surface area contributed by atoms with Crippen molar-refractivity contribution in [2.24, 2.45) is 4.99 Å². The van der Waals surface area contributed by atoms with Crippen LogP contribution >= 0.6 is 0 Å². The lowest BCUT2D eigenvalue weighted by molar-refractivity contribution is 0.603. The zero-order valence-corrected chi connectivity index (χ0v) is 14.2. The summed E-state index contributed by atoms with van der Waals surface area (Å²) in [6, 6.07) is 13.3. The average molecular weight is 344 g/mol. The van der Waals surface area contributed by atoms with E-state index in [2.05, 4.69) is 9.71 Å². The maximum absolute atomic E-state index is 12.9. The zero-order chi connectivity index (χ0) is 17.3. The van der Waals surface area contributed by atoms with E-state index < -0.39 is 10.0 Å². The topological polar surface area (TPSA) is 58.5 Å². The lowest BCUT2D eigenvalue weighted by Gasteiger charge is -2.03. The molecule has 0 aromatic heterocycles. The Morgan fingerprint density at radius 2 is 1.62 bits per heavy atom. The maximum atomic E-state index is 12.9. The van der Waals surface area contributed by atoms with E-state index in [9.17, 15) is 12.8 Å². The van der Waals surface area contributed by atoms with Crippen molar-refractivity contribution >= 4 is 20.8 Å². The van der Waals surface area contributed by atoms with Crippen molar-refractivity contribution in [1.82, 2.24) is 4.72 Å². The molecule has 0 radical (unpaired) electrons. The van der Waals surface area contributed by atoms with Gasteiger partial charge in [-0.1, -0.05) is 42.0 Å². The minimum Gasteiger partial charge on any atom is -0.263 e. The van der Waals surface area contributed by atoms with Crippen LogP contribution in [0.4, 0.5) is 4.39 Å². The highest BCUT2D eigenvalue weighted by atomic mass is 32.2. The van der Waals surface area contributed by atoms with E-state index in [1.54, 1.807) is 31.2 Å². The van der Waals surface area contributed by atoms with Gasteiger partial charge in [0.25, 0.3) is 10.0 Å². The Morgan fingerprint density at radius 1 is 1.00 bits per heavy atom. The van der Waals surface area contributed by atoms with Gasteiger partial charge in [-0.15, -0.1) is 0 Å². The number of sulfonamides is 1. The number of benzene rings is 2. The zero-order valence-electron chi connectivity index (χ0n) is 13.4. The fourth-order valence-electron chi connectivity index (χ4n) is 2.55. The van der Waals surface area contributed by atoms with E-state index in [0.29, 0.717) is 17.0 Å². The number of amidine groups is 1. The molecule has 0 spiro atoms. The third kappa shape index (κ3) is 3.23. The molecule has 0 bridgehead atoms. The van der Waals surface area contributed by atoms with Crippen LogP contribution in [0.5, 0.6) is 0 Å². The van der Waals surface area contributed by atoms with E-state index in [1.165, 1.54) is 12.1 Å². The largest absolute Gasteiger partial charge is 0.264 e. The number of rotatable bonds is 3. The van der Waals surface area contributed by atoms with Crippen LogP contribution in [-0.2, 0) is 16.6 Å². The van der Waals surface area contributed by atoms with E-state index in [-0.39, 0.29) is 17.3 Å². The summed E-state index contributed by atoms with van der Waals surface area (Å²) in [7, 11) is -3.62. The van der Waals surface area contributed by atoms with Gasteiger partial charge in [0, 0.05) is 5.57 Å². The van der Waals surface area contributed by atoms with Gasteiger partial charge in [-0.25, -0.2) is 12.8 Å². The molecule has 124 valence electrons. The molecule has 0 aliphatic carbocycles. The second-order valence-corrected chi connectivity index (χ2v) is 7.34. The quantitative estimate of drug-likeness (QED) is 0.928. The van der Waals surface area contributed by atoms with Gasteiger partial charge in [0.2, 0.25) is 0 Å². The van der Waals surface area contributed by atoms with E-state index >= 15 is 0 Å². The van der Waals surface area contributed by atoms with Gasteiger partial charge in [-0.3, -0.25) is 9.71 Å². The summed E-state index contributed by atoms with van der Waals surface area (Å²) in [6.45, 7) is 3.95. The van der Waals surface area contributed by atoms with Gasteiger partial charge in [-0.2, -0.15) is 0 Å². The van der Waals surface area contributed by atoms with Gasteiger partial charge >= 0.3 is 0 Å². The SMILES string of the molecule is CC1=C(c2ccc(C)cc2)S(=O)(=O)NC1=NCc1ccc(F)cc1. The summed E-state index contributed by atoms with van der Waals surface area (Å²) in [5.74, 6) is 0.0144. The summed E-state index contributed by atoms with van der Waals surface area (Å²) in [5.41, 5.74) is 3.09. The fourth-order valence-corrected chi connectivity index (χ4v) is 4.07. The molecule has 6 heteroatoms. The Labute approximate surface area is 140 Å². The van der Waals surface area contributed by atoms with Crippen molar-refractivity contribution in [2.45, 2.75) is 20.4 Å². The Hall–Kier alpha value is -2.47. The first-order chi connectivity index (χ1) is 11.4. The number of nitrogens with one attached hydrogen (secondary N) is 1. The predicted octanol–water partition coefficient (Wildman–Crippen LogP) is 3.40. The molecular weight excluding hydrogens is 327 g/mol. The van der Waals surface area contributed by atoms with E-state index in [0.717, 1.165) is 11.1 Å². The molecule has 3 rings (SSSR count). The second kappa shape index (κ2) is 6.20. The first kappa shape index (κ1) is 16.4. The summed E-state index contributed by atoms with van der Waals surface area (Å²) < 4.78 is 40.3. The third-order valence-electron chi connectivity index (χ3n) is 3.84. The number of aliphatic imine (C=N–C) groups is 1. The molecule has 24 heavy (non-hydrogen) atoms. The summed E-state index contributed by atoms with van der Waals surface area (Å²) in [6.07, 6.45) is 0. The van der Waals surface area contributed by atoms with Crippen molar-refractivity contribution in [1.29, 1.82) is 0 Å². The van der Waals surface area contributed by atoms with Crippen LogP contribution in [0, 0.1) is 12.7 Å². The molecule has 2 aromatic rings. The fraction of sp³-hybridized carbons (Fsp3) is 0.167. The Bertz CT molecular complexity index is 928. The number of nitrogens with zero attached hydrogens (tertiary/aromatic N) is 1. The molecule has 2 aromatic carbocycles. The number of aryl methyl sites for hydroxylation is 1. The molecule has 0 saturated carbocycles. The van der Waals surface area contributed by atoms with Gasteiger partial charge < -0.3 is 0 Å². The third-order valence-corrected chi connectivity index (χ3v) is 5.38. The minimum atomic E-state index is -3.62. The average Bonchev–Trinajstić information content (AvgIpc) is 2.77. The van der Waals surface area contributed by atoms with Gasteiger partial charge in [0.15, 0.2) is 0 Å². The van der Waals surface area contributed by atoms with Crippen LogP contribution in [-0.4, -0.2) is 14.3 Å². The number of halogens is 1. The van der Waals surface area contributed by atoms with Crippen LogP contribution < -0.4 is 4.72 Å². The molecule has 1 aliphatic rings. The Balaban J connectivity index is 1.94. The highest BCUT2D eigenvalue weighted by Crippen LogP contribution is 2.30. The van der Waals surface area contributed by atoms with E-state index in [1.807, 2.05) is 19.1 Å². The Kier molecular flexibility index (Phi) is 4.24. The molecule has 0 unspecified atom stereocenters. The first-order valence-corrected chi connectivity index (χ1v) is 8.95. The lowest BCUT2D eigenvalue weighted by atomic mass is 10.1. The van der Waals surface area contributed by atoms with Crippen molar-refractivity contribution < 1.29 is 12.8 Å². The summed E-state index contributed by atoms with van der Waals surface area (Å²) in [4.78, 5) is 4.59. The molecule has 0 atom stereocenters. The normalized spacial score (nSPS) is 18.0. The van der Waals surface area contributed by atoms with E-state index in [4.69, 9.17) is 0 Å². The lowest BCUT2D eigenvalue weighted by Crippen LogP contribution is -2.23. The smallest absolute Gasteiger partial charge is 0.263 e. The summed E-state index contributed by atoms with van der Waals surface area (Å²) in [5, 5.41) is 0. The number of hydrogen-bond acceptors (Lipinski definition) is 3. The molecule has 0 fully saturated rings. The second-order valence-electron chi connectivity index (χ2n) is 5.72. The summed E-state index contributed by atoms with van der Waals surface area (Å²) >= 11 is 0. The Morgan fingerprint density at radius 3 is 2.25 bits per heavy atom. The molecule has 0 amide bonds. The van der Waals surface area contributed by atoms with Crippen molar-refractivity contribution in [3.05, 3.63) is 76.6 Å². The van der Waals surface area contributed by atoms with Crippen molar-refractivity contribution in [3.63, 3.8) is 0 Å². The van der Waals surface area contributed by atoms with Gasteiger partial charge in [0.1, 0.15) is 16.6 Å². The van der Waals surface area contributed by atoms with Crippen molar-refractivity contribution in [3.8, 4) is 0 Å². The molecule has 1 N–H and O–H groups in total. The standard InChI is InChI=1S/C18H17FN2O2S/c1-12-3-7-15(8-4-12)17-13(2)18(21-24(17,22)23)20-11-14-5-9-16(19)10-6-14/h3-10H,11H2,1-2H3,(H,20,21). The van der Waals surface area contributed by atoms with Crippen LogP contribution in [0.15, 0.2) is 59.1 Å². The van der Waals surface area contributed by atoms with Gasteiger partial charge in [-0.05, 0) is 37.1 Å². The molecule has 4 nitrogen and oxygen atoms in total. The van der Waals surface area contributed by atoms with Crippen LogP contribution in [0.25, 0.3) is 4.91 Å². The van der Waals surface area contributed by atoms with Gasteiger partial charge in [0.05, 0.1) is 6.54 Å². The highest BCUT2D eigenvalue weighted by molar-refractivity contribution is 8.00. The molecule has 0 saturated heterocycles.